The fraction of sp³-hybridized carbons (Fsp3) is 0.353. The third-order valence-corrected chi connectivity index (χ3v) is 8.55. The zero-order chi connectivity index (χ0) is 31.6. The Bertz CT molecular complexity index is 1440. The monoisotopic (exact) mass is 632 g/mol. The van der Waals surface area contributed by atoms with Crippen molar-refractivity contribution in [2.45, 2.75) is 55.7 Å². The number of thioether (sulfide) groups is 1. The lowest BCUT2D eigenvalue weighted by Crippen LogP contribution is -2.54. The molecule has 0 bridgehead atoms. The van der Waals surface area contributed by atoms with Gasteiger partial charge in [-0.2, -0.15) is 0 Å². The first-order valence-corrected chi connectivity index (χ1v) is 16.2. The number of benzene rings is 3. The van der Waals surface area contributed by atoms with Crippen molar-refractivity contribution in [3.63, 3.8) is 0 Å². The summed E-state index contributed by atoms with van der Waals surface area (Å²) in [6.07, 6.45) is 0.361. The number of carbonyl (C=O) groups excluding carboxylic acids is 4. The van der Waals surface area contributed by atoms with E-state index in [-0.39, 0.29) is 25.5 Å². The third-order valence-electron chi connectivity index (χ3n) is 7.71. The molecule has 3 aromatic carbocycles. The molecular formula is C34H36N2O8S. The number of likely N-dealkylation sites (tertiary alicyclic amines) is 1. The molecule has 10 nitrogen and oxygen atoms in total. The lowest BCUT2D eigenvalue weighted by Gasteiger charge is -2.40. The first-order valence-electron chi connectivity index (χ1n) is 14.9. The molecule has 2 aliphatic heterocycles. The van der Waals surface area contributed by atoms with Gasteiger partial charge in [0.25, 0.3) is 0 Å². The zero-order valence-corrected chi connectivity index (χ0v) is 25.7. The quantitative estimate of drug-likeness (QED) is 0.248. The molecule has 2 aliphatic rings. The second kappa shape index (κ2) is 15.6. The van der Waals surface area contributed by atoms with Crippen molar-refractivity contribution < 1.29 is 38.1 Å². The lowest BCUT2D eigenvalue weighted by molar-refractivity contribution is -0.144. The van der Waals surface area contributed by atoms with Crippen molar-refractivity contribution in [2.24, 2.45) is 0 Å². The molecule has 0 aliphatic carbocycles. The van der Waals surface area contributed by atoms with Crippen molar-refractivity contribution in [1.82, 2.24) is 10.2 Å². The second-order valence-corrected chi connectivity index (χ2v) is 11.7. The number of hydrogen-bond acceptors (Lipinski definition) is 9. The van der Waals surface area contributed by atoms with Gasteiger partial charge in [-0.05, 0) is 48.9 Å². The lowest BCUT2D eigenvalue weighted by atomic mass is 10.0. The fourth-order valence-corrected chi connectivity index (χ4v) is 6.16. The molecule has 3 aromatic rings. The average Bonchev–Trinajstić information content (AvgIpc) is 3.58. The number of nitrogens with one attached hydrogen (secondary N) is 1. The van der Waals surface area contributed by atoms with Crippen LogP contribution in [-0.2, 0) is 30.3 Å². The Labute approximate surface area is 266 Å². The van der Waals surface area contributed by atoms with Crippen molar-refractivity contribution in [1.29, 1.82) is 0 Å². The summed E-state index contributed by atoms with van der Waals surface area (Å²) in [5.74, 6) is -1.43. The van der Waals surface area contributed by atoms with Gasteiger partial charge >= 0.3 is 18.0 Å². The van der Waals surface area contributed by atoms with Crippen LogP contribution < -0.4 is 5.32 Å². The third kappa shape index (κ3) is 8.43. The first-order chi connectivity index (χ1) is 21.9. The van der Waals surface area contributed by atoms with Crippen LogP contribution in [0.25, 0.3) is 0 Å². The summed E-state index contributed by atoms with van der Waals surface area (Å²) in [5.41, 5.74) is 0.920. The van der Waals surface area contributed by atoms with Gasteiger partial charge in [-0.3, -0.25) is 9.69 Å². The summed E-state index contributed by atoms with van der Waals surface area (Å²) < 4.78 is 23.5. The van der Waals surface area contributed by atoms with Crippen molar-refractivity contribution in [3.05, 3.63) is 108 Å². The topological polar surface area (TPSA) is 120 Å². The summed E-state index contributed by atoms with van der Waals surface area (Å²) in [6, 6.07) is 25.8. The summed E-state index contributed by atoms with van der Waals surface area (Å²) >= 11 is 1.32. The second-order valence-electron chi connectivity index (χ2n) is 10.8. The standard InChI is InChI=1S/C34H36N2O8S/c1-45-33-29(44-32(39)25-16-9-4-10-17-25)28(43-31(38)24-14-7-3-8-15-24)20-26(42-33)21-35-30(37)27-18-11-19-36(27)34(40)41-22-23-12-5-2-6-13-23/h2-10,12-17,26-29,33H,11,18-22H2,1H3,(H,35,37)/t26-,27?,28-,29-,33+/m0/s1. The minimum atomic E-state index is -0.892. The van der Waals surface area contributed by atoms with Crippen LogP contribution in [0, 0.1) is 0 Å². The van der Waals surface area contributed by atoms with Gasteiger partial charge in [-0.25, -0.2) is 14.4 Å². The summed E-state index contributed by atoms with van der Waals surface area (Å²) in [7, 11) is 0. The van der Waals surface area contributed by atoms with Crippen LogP contribution in [0.2, 0.25) is 0 Å². The molecule has 11 heteroatoms. The number of nitrogens with zero attached hydrogens (tertiary/aromatic N) is 1. The van der Waals surface area contributed by atoms with Crippen LogP contribution in [0.1, 0.15) is 45.5 Å². The van der Waals surface area contributed by atoms with Crippen molar-refractivity contribution in [3.8, 4) is 0 Å². The van der Waals surface area contributed by atoms with Gasteiger partial charge < -0.3 is 24.3 Å². The van der Waals surface area contributed by atoms with E-state index in [1.807, 2.05) is 36.6 Å². The average molecular weight is 633 g/mol. The maximum atomic E-state index is 13.3. The van der Waals surface area contributed by atoms with Crippen LogP contribution in [0.4, 0.5) is 4.79 Å². The molecule has 5 rings (SSSR count). The van der Waals surface area contributed by atoms with Gasteiger partial charge in [0, 0.05) is 19.5 Å². The predicted octanol–water partition coefficient (Wildman–Crippen LogP) is 4.83. The number of esters is 2. The molecular weight excluding hydrogens is 596 g/mol. The fourth-order valence-electron chi connectivity index (χ4n) is 5.40. The maximum absolute atomic E-state index is 13.3. The molecule has 0 spiro atoms. The molecule has 2 amide bonds. The minimum absolute atomic E-state index is 0.109. The van der Waals surface area contributed by atoms with Crippen LogP contribution in [0.5, 0.6) is 0 Å². The molecule has 5 atom stereocenters. The SMILES string of the molecule is CS[C@H]1O[C@H](CNC(=O)C2CCCN2C(=O)OCc2ccccc2)C[C@H](OC(=O)c2ccccc2)[C@@H]1OC(=O)c1ccccc1. The van der Waals surface area contributed by atoms with Gasteiger partial charge in [0.1, 0.15) is 24.2 Å². The largest absolute Gasteiger partial charge is 0.455 e. The molecule has 1 N–H and O–H groups in total. The van der Waals surface area contributed by atoms with Crippen LogP contribution in [0.15, 0.2) is 91.0 Å². The Morgan fingerprint density at radius 1 is 0.867 bits per heavy atom. The summed E-state index contributed by atoms with van der Waals surface area (Å²) in [4.78, 5) is 53.6. The molecule has 1 unspecified atom stereocenters. The highest BCUT2D eigenvalue weighted by Gasteiger charge is 2.44. The molecule has 0 radical (unpaired) electrons. The summed E-state index contributed by atoms with van der Waals surface area (Å²) in [5, 5.41) is 2.91. The molecule has 2 saturated heterocycles. The minimum Gasteiger partial charge on any atom is -0.455 e. The van der Waals surface area contributed by atoms with E-state index in [0.29, 0.717) is 30.5 Å². The Balaban J connectivity index is 1.23. The van der Waals surface area contributed by atoms with Gasteiger partial charge in [0.05, 0.1) is 17.2 Å². The van der Waals surface area contributed by atoms with Crippen LogP contribution in [0.3, 0.4) is 0 Å². The number of ether oxygens (including phenoxy) is 4. The first kappa shape index (κ1) is 32.1. The molecule has 2 heterocycles. The van der Waals surface area contributed by atoms with E-state index >= 15 is 0 Å². The van der Waals surface area contributed by atoms with E-state index in [9.17, 15) is 19.2 Å². The van der Waals surface area contributed by atoms with E-state index in [1.165, 1.54) is 16.7 Å². The molecule has 45 heavy (non-hydrogen) atoms. The highest BCUT2D eigenvalue weighted by atomic mass is 32.2. The number of carbonyl (C=O) groups is 4. The summed E-state index contributed by atoms with van der Waals surface area (Å²) in [6.45, 7) is 0.653. The molecule has 0 saturated carbocycles. The van der Waals surface area contributed by atoms with Gasteiger partial charge in [0.2, 0.25) is 5.91 Å². The van der Waals surface area contributed by atoms with E-state index in [0.717, 1.165) is 5.56 Å². The smallest absolute Gasteiger partial charge is 0.410 e. The van der Waals surface area contributed by atoms with Gasteiger partial charge in [0.15, 0.2) is 6.10 Å². The van der Waals surface area contributed by atoms with Crippen LogP contribution >= 0.6 is 11.8 Å². The van der Waals surface area contributed by atoms with Gasteiger partial charge in [-0.15, -0.1) is 11.8 Å². The highest BCUT2D eigenvalue weighted by Crippen LogP contribution is 2.32. The number of amides is 2. The maximum Gasteiger partial charge on any atom is 0.410 e. The Morgan fingerprint density at radius 3 is 2.09 bits per heavy atom. The van der Waals surface area contributed by atoms with Gasteiger partial charge in [-0.1, -0.05) is 66.7 Å². The van der Waals surface area contributed by atoms with E-state index in [2.05, 4.69) is 5.32 Å². The van der Waals surface area contributed by atoms with Crippen molar-refractivity contribution in [2.75, 3.05) is 19.3 Å². The molecule has 0 aromatic heterocycles. The highest BCUT2D eigenvalue weighted by molar-refractivity contribution is 7.99. The van der Waals surface area contributed by atoms with E-state index < -0.39 is 47.8 Å². The van der Waals surface area contributed by atoms with Crippen molar-refractivity contribution >= 4 is 35.7 Å². The Kier molecular flexibility index (Phi) is 11.1. The Morgan fingerprint density at radius 2 is 1.47 bits per heavy atom. The predicted molar refractivity (Wildman–Crippen MR) is 167 cm³/mol. The normalized spacial score (nSPS) is 22.7. The van der Waals surface area contributed by atoms with Crippen LogP contribution in [-0.4, -0.2) is 78.0 Å². The number of hydrogen-bond donors (Lipinski definition) is 1. The van der Waals surface area contributed by atoms with E-state index in [1.54, 1.807) is 60.7 Å². The zero-order valence-electron chi connectivity index (χ0n) is 24.9. The molecule has 2 fully saturated rings. The molecule has 236 valence electrons. The number of rotatable bonds is 10. The van der Waals surface area contributed by atoms with E-state index in [4.69, 9.17) is 18.9 Å². The Hall–Kier alpha value is -4.35.